The molecule has 0 spiro atoms. The number of fused-ring (bicyclic) bond motifs is 1. The fourth-order valence-electron chi connectivity index (χ4n) is 3.08. The van der Waals surface area contributed by atoms with Gasteiger partial charge in [-0.05, 0) is 25.0 Å². The lowest BCUT2D eigenvalue weighted by atomic mass is 10.2. The number of para-hydroxylation sites is 1. The van der Waals surface area contributed by atoms with Crippen LogP contribution in [0.25, 0.3) is 0 Å². The molecule has 0 amide bonds. The average molecular weight is 302 g/mol. The van der Waals surface area contributed by atoms with Gasteiger partial charge >= 0.3 is 0 Å². The van der Waals surface area contributed by atoms with Crippen LogP contribution in [0.1, 0.15) is 12.5 Å². The molecule has 0 radical (unpaired) electrons. The Morgan fingerprint density at radius 2 is 2.05 bits per heavy atom. The topological polar surface area (TPSA) is 40.1 Å². The van der Waals surface area contributed by atoms with Crippen LogP contribution in [0, 0.1) is 0 Å². The lowest BCUT2D eigenvalue weighted by molar-refractivity contribution is 0.0394. The molecule has 1 N–H and O–H groups in total. The molecule has 1 saturated heterocycles. The lowest BCUT2D eigenvalue weighted by Crippen LogP contribution is -2.42. The van der Waals surface area contributed by atoms with Crippen molar-refractivity contribution < 1.29 is 4.74 Å². The largest absolute Gasteiger partial charge is 0.379 e. The predicted octanol–water partition coefficient (Wildman–Crippen LogP) is 1.35. The SMILES string of the molecule is CCNC(=NCCN1CCOCC1)N1CCc2ccccc21. The molecule has 0 bridgehead atoms. The van der Waals surface area contributed by atoms with E-state index in [-0.39, 0.29) is 0 Å². The van der Waals surface area contributed by atoms with Crippen LogP contribution in [0.4, 0.5) is 5.69 Å². The highest BCUT2D eigenvalue weighted by molar-refractivity contribution is 5.97. The second kappa shape index (κ2) is 7.61. The minimum absolute atomic E-state index is 0.834. The first-order valence-corrected chi connectivity index (χ1v) is 8.32. The van der Waals surface area contributed by atoms with Gasteiger partial charge in [0.05, 0.1) is 19.8 Å². The summed E-state index contributed by atoms with van der Waals surface area (Å²) in [5.74, 6) is 1.01. The molecule has 0 atom stereocenters. The number of anilines is 1. The van der Waals surface area contributed by atoms with Gasteiger partial charge < -0.3 is 15.0 Å². The number of nitrogens with zero attached hydrogens (tertiary/aromatic N) is 3. The number of guanidine groups is 1. The van der Waals surface area contributed by atoms with Crippen molar-refractivity contribution in [3.63, 3.8) is 0 Å². The van der Waals surface area contributed by atoms with Crippen molar-refractivity contribution in [3.8, 4) is 0 Å². The first-order valence-electron chi connectivity index (χ1n) is 8.32. The van der Waals surface area contributed by atoms with Gasteiger partial charge in [-0.3, -0.25) is 9.89 Å². The fraction of sp³-hybridized carbons (Fsp3) is 0.588. The van der Waals surface area contributed by atoms with E-state index in [9.17, 15) is 0 Å². The highest BCUT2D eigenvalue weighted by Gasteiger charge is 2.22. The standard InChI is InChI=1S/C17H26N4O/c1-2-18-17(19-8-10-20-11-13-22-14-12-20)21-9-7-15-5-3-4-6-16(15)21/h3-6H,2,7-14H2,1H3,(H,18,19). The van der Waals surface area contributed by atoms with Crippen molar-refractivity contribution in [1.29, 1.82) is 0 Å². The molecule has 22 heavy (non-hydrogen) atoms. The molecule has 1 aromatic rings. The lowest BCUT2D eigenvalue weighted by Gasteiger charge is -2.26. The molecule has 1 fully saturated rings. The third-order valence-electron chi connectivity index (χ3n) is 4.26. The van der Waals surface area contributed by atoms with Gasteiger partial charge in [-0.25, -0.2) is 0 Å². The number of nitrogens with one attached hydrogen (secondary N) is 1. The molecule has 5 heteroatoms. The molecule has 0 aliphatic carbocycles. The molecule has 0 unspecified atom stereocenters. The number of morpholine rings is 1. The minimum atomic E-state index is 0.834. The maximum Gasteiger partial charge on any atom is 0.198 e. The third-order valence-corrected chi connectivity index (χ3v) is 4.26. The predicted molar refractivity (Wildman–Crippen MR) is 90.7 cm³/mol. The molecular formula is C17H26N4O. The number of benzene rings is 1. The fourth-order valence-corrected chi connectivity index (χ4v) is 3.08. The van der Waals surface area contributed by atoms with E-state index in [1.54, 1.807) is 0 Å². The summed E-state index contributed by atoms with van der Waals surface area (Å²) in [7, 11) is 0. The maximum atomic E-state index is 5.39. The van der Waals surface area contributed by atoms with Crippen LogP contribution >= 0.6 is 0 Å². The van der Waals surface area contributed by atoms with Gasteiger partial charge in [0.25, 0.3) is 0 Å². The number of hydrogen-bond acceptors (Lipinski definition) is 3. The maximum absolute atomic E-state index is 5.39. The van der Waals surface area contributed by atoms with Gasteiger partial charge in [0.15, 0.2) is 5.96 Å². The number of hydrogen-bond donors (Lipinski definition) is 1. The first kappa shape index (κ1) is 15.3. The molecule has 0 aromatic heterocycles. The van der Waals surface area contributed by atoms with E-state index in [0.29, 0.717) is 0 Å². The number of aliphatic imine (C=N–C) groups is 1. The smallest absolute Gasteiger partial charge is 0.198 e. The van der Waals surface area contributed by atoms with Gasteiger partial charge in [-0.2, -0.15) is 0 Å². The van der Waals surface area contributed by atoms with Gasteiger partial charge in [0.2, 0.25) is 0 Å². The summed E-state index contributed by atoms with van der Waals surface area (Å²) < 4.78 is 5.39. The van der Waals surface area contributed by atoms with E-state index in [2.05, 4.69) is 46.3 Å². The van der Waals surface area contributed by atoms with Gasteiger partial charge in [-0.15, -0.1) is 0 Å². The molecule has 120 valence electrons. The van der Waals surface area contributed by atoms with Crippen LogP contribution < -0.4 is 10.2 Å². The zero-order chi connectivity index (χ0) is 15.2. The molecule has 0 saturated carbocycles. The Balaban J connectivity index is 1.63. The summed E-state index contributed by atoms with van der Waals surface area (Å²) in [5.41, 5.74) is 2.72. The van der Waals surface area contributed by atoms with E-state index in [4.69, 9.17) is 9.73 Å². The van der Waals surface area contributed by atoms with Crippen molar-refractivity contribution in [2.45, 2.75) is 13.3 Å². The van der Waals surface area contributed by atoms with E-state index in [1.165, 1.54) is 11.3 Å². The molecule has 5 nitrogen and oxygen atoms in total. The summed E-state index contributed by atoms with van der Waals surface area (Å²) in [5, 5.41) is 3.44. The Morgan fingerprint density at radius 1 is 1.23 bits per heavy atom. The van der Waals surface area contributed by atoms with Crippen molar-refractivity contribution in [2.75, 3.05) is 57.4 Å². The summed E-state index contributed by atoms with van der Waals surface area (Å²) in [4.78, 5) is 9.58. The summed E-state index contributed by atoms with van der Waals surface area (Å²) in [6.07, 6.45) is 1.10. The van der Waals surface area contributed by atoms with Crippen molar-refractivity contribution in [3.05, 3.63) is 29.8 Å². The second-order valence-corrected chi connectivity index (χ2v) is 5.72. The average Bonchev–Trinajstić information content (AvgIpc) is 2.99. The zero-order valence-electron chi connectivity index (χ0n) is 13.4. The van der Waals surface area contributed by atoms with Gasteiger partial charge in [0, 0.05) is 38.4 Å². The molecule has 1 aromatic carbocycles. The van der Waals surface area contributed by atoms with Crippen molar-refractivity contribution >= 4 is 11.6 Å². The molecule has 2 aliphatic rings. The van der Waals surface area contributed by atoms with Crippen LogP contribution in [-0.4, -0.2) is 63.3 Å². The zero-order valence-corrected chi connectivity index (χ0v) is 13.4. The Labute approximate surface area is 133 Å². The summed E-state index contributed by atoms with van der Waals surface area (Å²) in [6.45, 7) is 9.63. The van der Waals surface area contributed by atoms with Crippen LogP contribution in [0.3, 0.4) is 0 Å². The Kier molecular flexibility index (Phi) is 5.29. The minimum Gasteiger partial charge on any atom is -0.379 e. The highest BCUT2D eigenvalue weighted by atomic mass is 16.5. The van der Waals surface area contributed by atoms with E-state index >= 15 is 0 Å². The van der Waals surface area contributed by atoms with E-state index in [0.717, 1.165) is 64.9 Å². The monoisotopic (exact) mass is 302 g/mol. The molecule has 2 heterocycles. The molecular weight excluding hydrogens is 276 g/mol. The van der Waals surface area contributed by atoms with Crippen LogP contribution in [-0.2, 0) is 11.2 Å². The van der Waals surface area contributed by atoms with Crippen LogP contribution in [0.2, 0.25) is 0 Å². The Hall–Kier alpha value is -1.59. The van der Waals surface area contributed by atoms with Crippen molar-refractivity contribution in [1.82, 2.24) is 10.2 Å². The van der Waals surface area contributed by atoms with E-state index in [1.807, 2.05) is 0 Å². The normalized spacial score (nSPS) is 19.3. The van der Waals surface area contributed by atoms with Crippen LogP contribution in [0.15, 0.2) is 29.3 Å². The van der Waals surface area contributed by atoms with E-state index < -0.39 is 0 Å². The highest BCUT2D eigenvalue weighted by Crippen LogP contribution is 2.27. The van der Waals surface area contributed by atoms with Crippen LogP contribution in [0.5, 0.6) is 0 Å². The summed E-state index contributed by atoms with van der Waals surface area (Å²) >= 11 is 0. The first-order chi connectivity index (χ1) is 10.9. The molecule has 3 rings (SSSR count). The quantitative estimate of drug-likeness (QED) is 0.673. The molecule has 2 aliphatic heterocycles. The van der Waals surface area contributed by atoms with Gasteiger partial charge in [-0.1, -0.05) is 18.2 Å². The van der Waals surface area contributed by atoms with Crippen molar-refractivity contribution in [2.24, 2.45) is 4.99 Å². The second-order valence-electron chi connectivity index (χ2n) is 5.72. The Bertz CT molecular complexity index is 511. The number of rotatable bonds is 4. The number of ether oxygens (including phenoxy) is 1. The third kappa shape index (κ3) is 3.59. The van der Waals surface area contributed by atoms with Gasteiger partial charge in [0.1, 0.15) is 0 Å². The Morgan fingerprint density at radius 3 is 2.86 bits per heavy atom. The summed E-state index contributed by atoms with van der Waals surface area (Å²) in [6, 6.07) is 8.63.